The Morgan fingerprint density at radius 2 is 1.77 bits per heavy atom. The molecule has 0 radical (unpaired) electrons. The van der Waals surface area contributed by atoms with E-state index < -0.39 is 0 Å². The van der Waals surface area contributed by atoms with Crippen LogP contribution < -0.4 is 5.73 Å². The van der Waals surface area contributed by atoms with Crippen molar-refractivity contribution in [3.05, 3.63) is 0 Å². The fraction of sp³-hybridized carbons (Fsp3) is 0.909. The molecule has 2 N–H and O–H groups in total. The summed E-state index contributed by atoms with van der Waals surface area (Å²) in [6, 6.07) is 0. The van der Waals surface area contributed by atoms with Gasteiger partial charge in [0, 0.05) is 5.92 Å². The molecule has 0 aliphatic carbocycles. The summed E-state index contributed by atoms with van der Waals surface area (Å²) in [6.07, 6.45) is 7.92. The Bertz CT molecular complexity index is 134. The molecule has 0 aromatic rings. The number of amides is 1. The van der Waals surface area contributed by atoms with E-state index in [9.17, 15) is 4.79 Å². The molecule has 2 heteroatoms. The van der Waals surface area contributed by atoms with E-state index in [1.165, 1.54) is 19.3 Å². The lowest BCUT2D eigenvalue weighted by atomic mass is 9.96. The van der Waals surface area contributed by atoms with Crippen LogP contribution in [0.2, 0.25) is 0 Å². The van der Waals surface area contributed by atoms with Gasteiger partial charge in [0.25, 0.3) is 0 Å². The normalized spacial score (nSPS) is 12.8. The number of primary amides is 1. The maximum atomic E-state index is 11.0. The molecular weight excluding hydrogens is 162 g/mol. The maximum absolute atomic E-state index is 11.0. The van der Waals surface area contributed by atoms with Crippen molar-refractivity contribution in [3.63, 3.8) is 0 Å². The average Bonchev–Trinajstić information content (AvgIpc) is 2.10. The van der Waals surface area contributed by atoms with Gasteiger partial charge in [-0.05, 0) is 12.8 Å². The summed E-state index contributed by atoms with van der Waals surface area (Å²) in [5.41, 5.74) is 5.30. The van der Waals surface area contributed by atoms with Crippen molar-refractivity contribution in [2.24, 2.45) is 11.7 Å². The zero-order valence-corrected chi connectivity index (χ0v) is 9.01. The highest BCUT2D eigenvalue weighted by molar-refractivity contribution is 5.76. The van der Waals surface area contributed by atoms with Crippen LogP contribution >= 0.6 is 0 Å². The van der Waals surface area contributed by atoms with Gasteiger partial charge in [0.1, 0.15) is 0 Å². The van der Waals surface area contributed by atoms with E-state index in [0.29, 0.717) is 0 Å². The van der Waals surface area contributed by atoms with Gasteiger partial charge in [-0.3, -0.25) is 4.79 Å². The minimum Gasteiger partial charge on any atom is -0.369 e. The van der Waals surface area contributed by atoms with E-state index in [1.54, 1.807) is 0 Å². The lowest BCUT2D eigenvalue weighted by Gasteiger charge is -2.11. The van der Waals surface area contributed by atoms with Crippen molar-refractivity contribution in [3.8, 4) is 0 Å². The third-order valence-corrected chi connectivity index (χ3v) is 2.45. The molecule has 78 valence electrons. The molecule has 0 heterocycles. The van der Waals surface area contributed by atoms with Crippen LogP contribution in [0.4, 0.5) is 0 Å². The van der Waals surface area contributed by atoms with Gasteiger partial charge in [0.2, 0.25) is 5.91 Å². The first kappa shape index (κ1) is 12.5. The van der Waals surface area contributed by atoms with Gasteiger partial charge < -0.3 is 5.73 Å². The van der Waals surface area contributed by atoms with Crippen molar-refractivity contribution >= 4 is 5.91 Å². The van der Waals surface area contributed by atoms with Crippen LogP contribution in [0.25, 0.3) is 0 Å². The number of nitrogens with two attached hydrogens (primary N) is 1. The first-order chi connectivity index (χ1) is 6.22. The zero-order chi connectivity index (χ0) is 10.1. The average molecular weight is 185 g/mol. The number of carbonyl (C=O) groups is 1. The summed E-state index contributed by atoms with van der Waals surface area (Å²) in [5, 5.41) is 0. The van der Waals surface area contributed by atoms with Gasteiger partial charge in [0.05, 0.1) is 0 Å². The van der Waals surface area contributed by atoms with Gasteiger partial charge in [-0.1, -0.05) is 46.0 Å². The molecule has 1 atom stereocenters. The second-order valence-electron chi connectivity index (χ2n) is 3.74. The highest BCUT2D eigenvalue weighted by Gasteiger charge is 2.12. The lowest BCUT2D eigenvalue weighted by Crippen LogP contribution is -2.23. The molecule has 13 heavy (non-hydrogen) atoms. The second kappa shape index (κ2) is 8.09. The number of unbranched alkanes of at least 4 members (excludes halogenated alkanes) is 3. The molecule has 0 aromatic carbocycles. The van der Waals surface area contributed by atoms with Gasteiger partial charge >= 0.3 is 0 Å². The standard InChI is InChI=1S/C11H23NO/c1-3-5-6-7-9-10(8-4-2)11(12)13/h10H,3-9H2,1-2H3,(H2,12,13)/t10-/m1/s1. The molecule has 2 nitrogen and oxygen atoms in total. The van der Waals surface area contributed by atoms with E-state index in [0.717, 1.165) is 25.7 Å². The van der Waals surface area contributed by atoms with Crippen LogP contribution in [0.5, 0.6) is 0 Å². The second-order valence-corrected chi connectivity index (χ2v) is 3.74. The topological polar surface area (TPSA) is 43.1 Å². The third-order valence-electron chi connectivity index (χ3n) is 2.45. The Morgan fingerprint density at radius 3 is 2.23 bits per heavy atom. The van der Waals surface area contributed by atoms with Crippen LogP contribution in [0.1, 0.15) is 58.8 Å². The van der Waals surface area contributed by atoms with Crippen LogP contribution in [0, 0.1) is 5.92 Å². The zero-order valence-electron chi connectivity index (χ0n) is 9.01. The molecular formula is C11H23NO. The van der Waals surface area contributed by atoms with E-state index in [2.05, 4.69) is 13.8 Å². The van der Waals surface area contributed by atoms with Crippen molar-refractivity contribution < 1.29 is 4.79 Å². The Hall–Kier alpha value is -0.530. The van der Waals surface area contributed by atoms with Crippen molar-refractivity contribution in [2.45, 2.75) is 58.8 Å². The van der Waals surface area contributed by atoms with Gasteiger partial charge in [-0.25, -0.2) is 0 Å². The summed E-state index contributed by atoms with van der Waals surface area (Å²) < 4.78 is 0. The third kappa shape index (κ3) is 6.62. The number of rotatable bonds is 8. The quantitative estimate of drug-likeness (QED) is 0.580. The maximum Gasteiger partial charge on any atom is 0.220 e. The first-order valence-corrected chi connectivity index (χ1v) is 5.51. The van der Waals surface area contributed by atoms with Crippen LogP contribution in [-0.4, -0.2) is 5.91 Å². The highest BCUT2D eigenvalue weighted by atomic mass is 16.1. The molecule has 0 spiro atoms. The van der Waals surface area contributed by atoms with Gasteiger partial charge in [0.15, 0.2) is 0 Å². The molecule has 0 aromatic heterocycles. The summed E-state index contributed by atoms with van der Waals surface area (Å²) in [6.45, 7) is 4.29. The number of carbonyl (C=O) groups excluding carboxylic acids is 1. The summed E-state index contributed by atoms with van der Waals surface area (Å²) in [4.78, 5) is 11.0. The molecule has 0 fully saturated rings. The van der Waals surface area contributed by atoms with Gasteiger partial charge in [-0.2, -0.15) is 0 Å². The molecule has 0 aliphatic rings. The largest absolute Gasteiger partial charge is 0.369 e. The molecule has 0 rings (SSSR count). The van der Waals surface area contributed by atoms with Crippen molar-refractivity contribution in [1.29, 1.82) is 0 Å². The van der Waals surface area contributed by atoms with Crippen molar-refractivity contribution in [2.75, 3.05) is 0 Å². The fourth-order valence-electron chi connectivity index (χ4n) is 1.59. The number of hydrogen-bond donors (Lipinski definition) is 1. The molecule has 1 amide bonds. The summed E-state index contributed by atoms with van der Waals surface area (Å²) in [7, 11) is 0. The lowest BCUT2D eigenvalue weighted by molar-refractivity contribution is -0.122. The Balaban J connectivity index is 3.51. The highest BCUT2D eigenvalue weighted by Crippen LogP contribution is 2.15. The minimum atomic E-state index is -0.113. The van der Waals surface area contributed by atoms with E-state index in [1.807, 2.05) is 0 Å². The van der Waals surface area contributed by atoms with E-state index >= 15 is 0 Å². The molecule has 0 unspecified atom stereocenters. The fourth-order valence-corrected chi connectivity index (χ4v) is 1.59. The Kier molecular flexibility index (Phi) is 7.76. The van der Waals surface area contributed by atoms with Gasteiger partial charge in [-0.15, -0.1) is 0 Å². The molecule has 0 saturated carbocycles. The molecule has 0 aliphatic heterocycles. The van der Waals surface area contributed by atoms with Crippen molar-refractivity contribution in [1.82, 2.24) is 0 Å². The Morgan fingerprint density at radius 1 is 1.08 bits per heavy atom. The predicted molar refractivity (Wildman–Crippen MR) is 56.4 cm³/mol. The van der Waals surface area contributed by atoms with E-state index in [-0.39, 0.29) is 11.8 Å². The predicted octanol–water partition coefficient (Wildman–Crippen LogP) is 2.86. The summed E-state index contributed by atoms with van der Waals surface area (Å²) >= 11 is 0. The molecule has 0 saturated heterocycles. The SMILES string of the molecule is CCCCCC[C@@H](CCC)C(N)=O. The number of hydrogen-bond acceptors (Lipinski definition) is 1. The van der Waals surface area contributed by atoms with Crippen LogP contribution in [0.3, 0.4) is 0 Å². The minimum absolute atomic E-state index is 0.113. The first-order valence-electron chi connectivity index (χ1n) is 5.51. The monoisotopic (exact) mass is 185 g/mol. The van der Waals surface area contributed by atoms with E-state index in [4.69, 9.17) is 5.73 Å². The molecule has 0 bridgehead atoms. The van der Waals surface area contributed by atoms with Crippen LogP contribution in [0.15, 0.2) is 0 Å². The summed E-state index contributed by atoms with van der Waals surface area (Å²) in [5.74, 6) is 0.0141. The van der Waals surface area contributed by atoms with Crippen LogP contribution in [-0.2, 0) is 4.79 Å². The smallest absolute Gasteiger partial charge is 0.220 e. The Labute approximate surface area is 81.9 Å².